The van der Waals surface area contributed by atoms with Gasteiger partial charge >= 0.3 is 5.69 Å². The van der Waals surface area contributed by atoms with Gasteiger partial charge in [-0.1, -0.05) is 22.8 Å². The van der Waals surface area contributed by atoms with E-state index in [9.17, 15) is 10.1 Å². The zero-order chi connectivity index (χ0) is 15.5. The minimum Gasteiger partial charge on any atom is -0.478 e. The van der Waals surface area contributed by atoms with E-state index in [4.69, 9.17) is 20.9 Å². The topological polar surface area (TPSA) is 91.3 Å². The first-order valence-electron chi connectivity index (χ1n) is 6.06. The van der Waals surface area contributed by atoms with E-state index in [1.165, 1.54) is 29.5 Å². The Morgan fingerprint density at radius 3 is 3.00 bits per heavy atom. The molecule has 0 radical (unpaired) electrons. The summed E-state index contributed by atoms with van der Waals surface area (Å²) in [5.41, 5.74) is -0.213. The van der Waals surface area contributed by atoms with Gasteiger partial charge < -0.3 is 9.26 Å². The van der Waals surface area contributed by atoms with E-state index in [-0.39, 0.29) is 23.1 Å². The van der Waals surface area contributed by atoms with Gasteiger partial charge in [-0.2, -0.15) is 4.98 Å². The van der Waals surface area contributed by atoms with Gasteiger partial charge in [0.1, 0.15) is 0 Å². The van der Waals surface area contributed by atoms with Crippen LogP contribution in [0.2, 0.25) is 5.02 Å². The fraction of sp³-hybridized carbons (Fsp3) is 0.0769. The Bertz CT molecular complexity index is 803. The summed E-state index contributed by atoms with van der Waals surface area (Å²) in [6.07, 6.45) is 0. The van der Waals surface area contributed by atoms with Gasteiger partial charge in [-0.25, -0.2) is 0 Å². The quantitative estimate of drug-likeness (QED) is 0.517. The lowest BCUT2D eigenvalue weighted by Crippen LogP contribution is -2.00. The molecule has 1 aromatic carbocycles. The lowest BCUT2D eigenvalue weighted by Gasteiger charge is -2.04. The minimum atomic E-state index is -0.561. The van der Waals surface area contributed by atoms with Crippen LogP contribution in [0.5, 0.6) is 5.75 Å². The molecule has 0 saturated carbocycles. The molecule has 0 bridgehead atoms. The van der Waals surface area contributed by atoms with Crippen LogP contribution in [0.3, 0.4) is 0 Å². The molecule has 0 aliphatic carbocycles. The first kappa shape index (κ1) is 14.5. The molecule has 2 aromatic heterocycles. The number of ether oxygens (including phenoxy) is 1. The van der Waals surface area contributed by atoms with E-state index >= 15 is 0 Å². The predicted octanol–water partition coefficient (Wildman–Crippen LogP) is 3.94. The van der Waals surface area contributed by atoms with Crippen molar-refractivity contribution in [3.05, 3.63) is 56.7 Å². The summed E-state index contributed by atoms with van der Waals surface area (Å²) in [7, 11) is 0. The Morgan fingerprint density at radius 2 is 2.27 bits per heavy atom. The number of rotatable bonds is 5. The van der Waals surface area contributed by atoms with Crippen molar-refractivity contribution in [3.8, 4) is 16.5 Å². The first-order chi connectivity index (χ1) is 10.6. The monoisotopic (exact) mass is 337 g/mol. The summed E-state index contributed by atoms with van der Waals surface area (Å²) in [5.74, 6) is 0.781. The number of hydrogen-bond acceptors (Lipinski definition) is 7. The van der Waals surface area contributed by atoms with Gasteiger partial charge in [0.25, 0.3) is 5.89 Å². The number of nitrogens with zero attached hydrogens (tertiary/aromatic N) is 3. The third-order valence-electron chi connectivity index (χ3n) is 2.67. The fourth-order valence-electron chi connectivity index (χ4n) is 1.71. The maximum Gasteiger partial charge on any atom is 0.312 e. The number of nitro groups is 1. The van der Waals surface area contributed by atoms with Crippen molar-refractivity contribution in [3.63, 3.8) is 0 Å². The molecule has 0 saturated heterocycles. The van der Waals surface area contributed by atoms with E-state index in [0.717, 1.165) is 4.88 Å². The Kier molecular flexibility index (Phi) is 4.03. The molecular formula is C13H8ClN3O4S. The molecule has 0 aliphatic heterocycles. The first-order valence-corrected chi connectivity index (χ1v) is 7.32. The van der Waals surface area contributed by atoms with Crippen LogP contribution in [0.25, 0.3) is 10.8 Å². The van der Waals surface area contributed by atoms with Gasteiger partial charge in [0.15, 0.2) is 12.4 Å². The molecule has 0 spiro atoms. The van der Waals surface area contributed by atoms with Gasteiger partial charge in [0.05, 0.1) is 9.80 Å². The fourth-order valence-corrected chi connectivity index (χ4v) is 2.52. The van der Waals surface area contributed by atoms with Crippen LogP contribution in [-0.2, 0) is 6.61 Å². The highest BCUT2D eigenvalue weighted by atomic mass is 35.5. The normalized spacial score (nSPS) is 10.6. The molecule has 0 fully saturated rings. The molecule has 2 heterocycles. The van der Waals surface area contributed by atoms with Crippen molar-refractivity contribution in [1.82, 2.24) is 10.1 Å². The number of benzene rings is 1. The summed E-state index contributed by atoms with van der Waals surface area (Å²) in [6, 6.07) is 7.90. The summed E-state index contributed by atoms with van der Waals surface area (Å²) >= 11 is 7.21. The lowest BCUT2D eigenvalue weighted by atomic mass is 10.3. The van der Waals surface area contributed by atoms with Crippen molar-refractivity contribution in [2.24, 2.45) is 0 Å². The van der Waals surface area contributed by atoms with Crippen molar-refractivity contribution in [2.45, 2.75) is 6.61 Å². The molecule has 0 N–H and O–H groups in total. The van der Waals surface area contributed by atoms with E-state index < -0.39 is 4.92 Å². The highest BCUT2D eigenvalue weighted by Gasteiger charge is 2.17. The smallest absolute Gasteiger partial charge is 0.312 e. The molecule has 0 amide bonds. The molecule has 3 rings (SSSR count). The summed E-state index contributed by atoms with van der Waals surface area (Å²) < 4.78 is 10.5. The van der Waals surface area contributed by atoms with Crippen molar-refractivity contribution in [1.29, 1.82) is 0 Å². The van der Waals surface area contributed by atoms with Crippen LogP contribution in [0, 0.1) is 10.1 Å². The molecule has 3 aromatic rings. The largest absolute Gasteiger partial charge is 0.478 e. The van der Waals surface area contributed by atoms with E-state index in [2.05, 4.69) is 10.1 Å². The zero-order valence-electron chi connectivity index (χ0n) is 10.9. The summed E-state index contributed by atoms with van der Waals surface area (Å²) in [5, 5.41) is 16.9. The van der Waals surface area contributed by atoms with Gasteiger partial charge in [-0.05, 0) is 23.6 Å². The molecule has 9 heteroatoms. The number of halogens is 1. The van der Waals surface area contributed by atoms with Gasteiger partial charge in [-0.15, -0.1) is 11.3 Å². The third-order valence-corrected chi connectivity index (χ3v) is 3.77. The highest BCUT2D eigenvalue weighted by Crippen LogP contribution is 2.30. The van der Waals surface area contributed by atoms with E-state index in [1.807, 2.05) is 17.5 Å². The Hall–Kier alpha value is -2.45. The SMILES string of the molecule is O=[N+]([O-])c1cc(Cl)ccc1OCc1noc(-c2cccs2)n1. The predicted molar refractivity (Wildman–Crippen MR) is 80.0 cm³/mol. The van der Waals surface area contributed by atoms with Crippen LogP contribution in [0.4, 0.5) is 5.69 Å². The second kappa shape index (κ2) is 6.12. The Morgan fingerprint density at radius 1 is 1.41 bits per heavy atom. The molecule has 0 atom stereocenters. The second-order valence-corrected chi connectivity index (χ2v) is 5.54. The third kappa shape index (κ3) is 3.07. The number of nitro benzene ring substituents is 1. The summed E-state index contributed by atoms with van der Waals surface area (Å²) in [4.78, 5) is 15.4. The van der Waals surface area contributed by atoms with Crippen LogP contribution in [0.15, 0.2) is 40.2 Å². The molecular weight excluding hydrogens is 330 g/mol. The standard InChI is InChI=1S/C13H8ClN3O4S/c14-8-3-4-10(9(6-8)17(18)19)20-7-12-15-13(21-16-12)11-2-1-5-22-11/h1-6H,7H2. The van der Waals surface area contributed by atoms with Gasteiger partial charge in [0, 0.05) is 11.1 Å². The Balaban J connectivity index is 1.74. The minimum absolute atomic E-state index is 0.0443. The maximum atomic E-state index is 11.0. The highest BCUT2D eigenvalue weighted by molar-refractivity contribution is 7.13. The van der Waals surface area contributed by atoms with Gasteiger partial charge in [-0.3, -0.25) is 10.1 Å². The molecule has 22 heavy (non-hydrogen) atoms. The van der Waals surface area contributed by atoms with Crippen LogP contribution >= 0.6 is 22.9 Å². The summed E-state index contributed by atoms with van der Waals surface area (Å²) in [6.45, 7) is -0.0443. The number of thiophene rings is 1. The van der Waals surface area contributed by atoms with E-state index in [0.29, 0.717) is 11.7 Å². The van der Waals surface area contributed by atoms with Crippen LogP contribution in [-0.4, -0.2) is 15.1 Å². The average molecular weight is 338 g/mol. The second-order valence-electron chi connectivity index (χ2n) is 4.15. The zero-order valence-corrected chi connectivity index (χ0v) is 12.5. The molecule has 0 unspecified atom stereocenters. The average Bonchev–Trinajstić information content (AvgIpc) is 3.16. The Labute approximate surface area is 133 Å². The van der Waals surface area contributed by atoms with Crippen LogP contribution < -0.4 is 4.74 Å². The number of aromatic nitrogens is 2. The maximum absolute atomic E-state index is 11.0. The van der Waals surface area contributed by atoms with E-state index in [1.54, 1.807) is 0 Å². The lowest BCUT2D eigenvalue weighted by molar-refractivity contribution is -0.385. The van der Waals surface area contributed by atoms with Crippen molar-refractivity contribution < 1.29 is 14.2 Å². The molecule has 112 valence electrons. The van der Waals surface area contributed by atoms with Crippen molar-refractivity contribution >= 4 is 28.6 Å². The molecule has 0 aliphatic rings. The van der Waals surface area contributed by atoms with Gasteiger partial charge in [0.2, 0.25) is 5.82 Å². The molecule has 7 nitrogen and oxygen atoms in total. The van der Waals surface area contributed by atoms with Crippen molar-refractivity contribution in [2.75, 3.05) is 0 Å². The number of hydrogen-bond donors (Lipinski definition) is 0. The van der Waals surface area contributed by atoms with Crippen LogP contribution in [0.1, 0.15) is 5.82 Å².